The van der Waals surface area contributed by atoms with Gasteiger partial charge in [-0.2, -0.15) is 0 Å². The zero-order valence-electron chi connectivity index (χ0n) is 17.5. The van der Waals surface area contributed by atoms with Gasteiger partial charge in [-0.25, -0.2) is 4.98 Å². The molecule has 3 aromatic rings. The summed E-state index contributed by atoms with van der Waals surface area (Å²) in [6.45, 7) is 5.67. The summed E-state index contributed by atoms with van der Waals surface area (Å²) < 4.78 is 10.7. The summed E-state index contributed by atoms with van der Waals surface area (Å²) in [4.78, 5) is 28.3. The number of nitrogens with zero attached hydrogens (tertiary/aromatic N) is 1. The first-order valence-corrected chi connectivity index (χ1v) is 9.94. The number of nitrogens with one attached hydrogen (secondary N) is 1. The molecular formula is C24H26N2O4. The Morgan fingerprint density at radius 1 is 1.10 bits per heavy atom. The number of hydrogen-bond acceptors (Lipinski definition) is 5. The Morgan fingerprint density at radius 3 is 2.60 bits per heavy atom. The molecule has 6 nitrogen and oxygen atoms in total. The van der Waals surface area contributed by atoms with Crippen molar-refractivity contribution in [1.29, 1.82) is 0 Å². The number of carbonyl (C=O) groups is 2. The summed E-state index contributed by atoms with van der Waals surface area (Å²) in [7, 11) is 0. The first kappa shape index (κ1) is 21.3. The molecule has 0 saturated heterocycles. The third-order valence-electron chi connectivity index (χ3n) is 4.93. The topological polar surface area (TPSA) is 81.4 Å². The fourth-order valence-electron chi connectivity index (χ4n) is 2.99. The molecule has 3 rings (SSSR count). The number of oxazole rings is 1. The highest BCUT2D eigenvalue weighted by Crippen LogP contribution is 2.20. The van der Waals surface area contributed by atoms with Gasteiger partial charge in [0, 0.05) is 12.0 Å². The molecular weight excluding hydrogens is 380 g/mol. The molecule has 156 valence electrons. The van der Waals surface area contributed by atoms with Gasteiger partial charge >= 0.3 is 5.97 Å². The van der Waals surface area contributed by atoms with E-state index in [4.69, 9.17) is 9.15 Å². The maximum atomic E-state index is 12.1. The molecule has 1 atom stereocenters. The van der Waals surface area contributed by atoms with Crippen LogP contribution in [-0.4, -0.2) is 23.5 Å². The minimum Gasteiger partial charge on any atom is -0.456 e. The Hall–Kier alpha value is -3.41. The number of esters is 1. The first-order chi connectivity index (χ1) is 14.4. The third kappa shape index (κ3) is 5.80. The Balaban J connectivity index is 1.41. The van der Waals surface area contributed by atoms with Crippen molar-refractivity contribution in [1.82, 2.24) is 10.3 Å². The van der Waals surface area contributed by atoms with E-state index < -0.39 is 5.97 Å². The summed E-state index contributed by atoms with van der Waals surface area (Å²) in [5.41, 5.74) is 4.31. The molecule has 0 radical (unpaired) electrons. The van der Waals surface area contributed by atoms with E-state index in [9.17, 15) is 9.59 Å². The van der Waals surface area contributed by atoms with E-state index >= 15 is 0 Å². The normalized spacial score (nSPS) is 11.7. The van der Waals surface area contributed by atoms with Gasteiger partial charge < -0.3 is 14.5 Å². The second-order valence-corrected chi connectivity index (χ2v) is 7.28. The summed E-state index contributed by atoms with van der Waals surface area (Å²) in [6, 6.07) is 15.5. The second-order valence-electron chi connectivity index (χ2n) is 7.28. The summed E-state index contributed by atoms with van der Waals surface area (Å²) in [6.07, 6.45) is 2.04. The minimum atomic E-state index is -0.469. The maximum absolute atomic E-state index is 12.1. The molecule has 0 fully saturated rings. The maximum Gasteiger partial charge on any atom is 0.306 e. The lowest BCUT2D eigenvalue weighted by Crippen LogP contribution is -2.31. The van der Waals surface area contributed by atoms with Crippen LogP contribution in [0.5, 0.6) is 0 Å². The number of benzene rings is 2. The van der Waals surface area contributed by atoms with Gasteiger partial charge in [0.05, 0.1) is 18.7 Å². The van der Waals surface area contributed by atoms with E-state index in [2.05, 4.69) is 10.3 Å². The molecule has 0 spiro atoms. The van der Waals surface area contributed by atoms with Gasteiger partial charge in [0.25, 0.3) is 5.91 Å². The van der Waals surface area contributed by atoms with E-state index in [-0.39, 0.29) is 25.0 Å². The Labute approximate surface area is 176 Å². The standard InChI is InChI=1S/C24H26N2O4/c1-16-9-10-20(13-17(16)2)18(3)26-22(27)15-29-24(28)12-11-23-25-14-21(30-23)19-7-5-4-6-8-19/h4-10,13-14,18H,11-12,15H2,1-3H3,(H,26,27)/t18-/m0/s1. The van der Waals surface area contributed by atoms with Crippen molar-refractivity contribution in [2.45, 2.75) is 39.7 Å². The number of aromatic nitrogens is 1. The van der Waals surface area contributed by atoms with Crippen molar-refractivity contribution in [3.63, 3.8) is 0 Å². The van der Waals surface area contributed by atoms with Gasteiger partial charge in [-0.05, 0) is 37.5 Å². The van der Waals surface area contributed by atoms with E-state index in [1.807, 2.05) is 69.3 Å². The minimum absolute atomic E-state index is 0.0920. The van der Waals surface area contributed by atoms with Gasteiger partial charge in [0.15, 0.2) is 18.3 Å². The molecule has 0 saturated carbocycles. The Bertz CT molecular complexity index is 1010. The average molecular weight is 406 g/mol. The molecule has 0 aliphatic rings. The van der Waals surface area contributed by atoms with Crippen LogP contribution in [0.25, 0.3) is 11.3 Å². The molecule has 6 heteroatoms. The SMILES string of the molecule is Cc1ccc([C@H](C)NC(=O)COC(=O)CCc2ncc(-c3ccccc3)o2)cc1C. The van der Waals surface area contributed by atoms with Gasteiger partial charge in [-0.3, -0.25) is 9.59 Å². The zero-order chi connectivity index (χ0) is 21.5. The molecule has 0 aliphatic carbocycles. The van der Waals surface area contributed by atoms with Crippen LogP contribution < -0.4 is 5.32 Å². The zero-order valence-corrected chi connectivity index (χ0v) is 17.5. The molecule has 0 aliphatic heterocycles. The number of carbonyl (C=O) groups excluding carboxylic acids is 2. The molecule has 2 aromatic carbocycles. The van der Waals surface area contributed by atoms with E-state index in [0.29, 0.717) is 18.1 Å². The number of rotatable bonds is 8. The average Bonchev–Trinajstić information content (AvgIpc) is 3.22. The van der Waals surface area contributed by atoms with Crippen LogP contribution in [0.3, 0.4) is 0 Å². The largest absolute Gasteiger partial charge is 0.456 e. The molecule has 1 N–H and O–H groups in total. The number of hydrogen-bond donors (Lipinski definition) is 1. The van der Waals surface area contributed by atoms with Crippen LogP contribution in [0.2, 0.25) is 0 Å². The lowest BCUT2D eigenvalue weighted by Gasteiger charge is -2.15. The van der Waals surface area contributed by atoms with Crippen molar-refractivity contribution in [3.05, 3.63) is 77.3 Å². The van der Waals surface area contributed by atoms with Crippen molar-refractivity contribution in [3.8, 4) is 11.3 Å². The summed E-state index contributed by atoms with van der Waals surface area (Å²) >= 11 is 0. The highest BCUT2D eigenvalue weighted by Gasteiger charge is 2.14. The van der Waals surface area contributed by atoms with Crippen molar-refractivity contribution in [2.75, 3.05) is 6.61 Å². The lowest BCUT2D eigenvalue weighted by atomic mass is 10.0. The third-order valence-corrected chi connectivity index (χ3v) is 4.93. The van der Waals surface area contributed by atoms with E-state index in [0.717, 1.165) is 11.1 Å². The molecule has 1 heterocycles. The highest BCUT2D eigenvalue weighted by atomic mass is 16.5. The summed E-state index contributed by atoms with van der Waals surface area (Å²) in [5, 5.41) is 2.85. The quantitative estimate of drug-likeness (QED) is 0.564. The predicted molar refractivity (Wildman–Crippen MR) is 114 cm³/mol. The van der Waals surface area contributed by atoms with Crippen LogP contribution in [0.1, 0.15) is 42.0 Å². The van der Waals surface area contributed by atoms with Crippen LogP contribution in [0.15, 0.2) is 59.1 Å². The number of amides is 1. The lowest BCUT2D eigenvalue weighted by molar-refractivity contribution is -0.148. The highest BCUT2D eigenvalue weighted by molar-refractivity contribution is 5.80. The monoisotopic (exact) mass is 406 g/mol. The number of aryl methyl sites for hydroxylation is 3. The van der Waals surface area contributed by atoms with E-state index in [1.165, 1.54) is 11.1 Å². The van der Waals surface area contributed by atoms with Gasteiger partial charge in [0.1, 0.15) is 0 Å². The Kier molecular flexibility index (Phi) is 7.01. The van der Waals surface area contributed by atoms with Crippen LogP contribution in [-0.2, 0) is 20.7 Å². The molecule has 1 amide bonds. The van der Waals surface area contributed by atoms with Gasteiger partial charge in [-0.1, -0.05) is 48.5 Å². The molecule has 0 bridgehead atoms. The van der Waals surface area contributed by atoms with Gasteiger partial charge in [0.2, 0.25) is 0 Å². The fraction of sp³-hybridized carbons (Fsp3) is 0.292. The van der Waals surface area contributed by atoms with Crippen molar-refractivity contribution in [2.24, 2.45) is 0 Å². The first-order valence-electron chi connectivity index (χ1n) is 9.94. The molecule has 30 heavy (non-hydrogen) atoms. The predicted octanol–water partition coefficient (Wildman–Crippen LogP) is 4.31. The van der Waals surface area contributed by atoms with Crippen molar-refractivity contribution < 1.29 is 18.7 Å². The van der Waals surface area contributed by atoms with Crippen molar-refractivity contribution >= 4 is 11.9 Å². The smallest absolute Gasteiger partial charge is 0.306 e. The van der Waals surface area contributed by atoms with E-state index in [1.54, 1.807) is 6.20 Å². The Morgan fingerprint density at radius 2 is 1.87 bits per heavy atom. The number of ether oxygens (including phenoxy) is 1. The van der Waals surface area contributed by atoms with Crippen LogP contribution in [0.4, 0.5) is 0 Å². The fourth-order valence-corrected chi connectivity index (χ4v) is 2.99. The molecule has 0 unspecified atom stereocenters. The van der Waals surface area contributed by atoms with Crippen LogP contribution in [0, 0.1) is 13.8 Å². The van der Waals surface area contributed by atoms with Gasteiger partial charge in [-0.15, -0.1) is 0 Å². The van der Waals surface area contributed by atoms with Crippen LogP contribution >= 0.6 is 0 Å². The summed E-state index contributed by atoms with van der Waals surface area (Å²) in [5.74, 6) is 0.303. The second kappa shape index (κ2) is 9.87. The molecule has 1 aromatic heterocycles.